The van der Waals surface area contributed by atoms with Crippen LogP contribution in [0.15, 0.2) is 22.5 Å². The van der Waals surface area contributed by atoms with Crippen LogP contribution in [0.25, 0.3) is 0 Å². The zero-order valence-electron chi connectivity index (χ0n) is 18.2. The Morgan fingerprint density at radius 3 is 2.61 bits per heavy atom. The molecule has 2 aromatic heterocycles. The van der Waals surface area contributed by atoms with Crippen LogP contribution in [0.1, 0.15) is 23.7 Å². The smallest absolute Gasteiger partial charge is 0.205 e. The van der Waals surface area contributed by atoms with Gasteiger partial charge in [-0.05, 0) is 11.4 Å². The van der Waals surface area contributed by atoms with E-state index in [1.165, 1.54) is 16.4 Å². The molecular weight excluding hydrogens is 545 g/mol. The minimum Gasteiger partial charge on any atom is -0.379 e. The Morgan fingerprint density at radius 1 is 1.23 bits per heavy atom. The Bertz CT molecular complexity index is 802. The third kappa shape index (κ3) is 6.28. The van der Waals surface area contributed by atoms with E-state index in [2.05, 4.69) is 58.8 Å². The molecule has 2 aromatic rings. The highest BCUT2D eigenvalue weighted by atomic mass is 127. The molecule has 1 N–H and O–H groups in total. The van der Waals surface area contributed by atoms with Crippen LogP contribution < -0.4 is 10.2 Å². The lowest BCUT2D eigenvalue weighted by molar-refractivity contribution is 0.0176. The highest BCUT2D eigenvalue weighted by molar-refractivity contribution is 14.0. The second kappa shape index (κ2) is 12.3. The molecule has 0 spiro atoms. The van der Waals surface area contributed by atoms with Crippen molar-refractivity contribution in [2.24, 2.45) is 4.99 Å². The first kappa shape index (κ1) is 24.6. The maximum absolute atomic E-state index is 5.56. The summed E-state index contributed by atoms with van der Waals surface area (Å²) < 4.78 is 9.98. The second-order valence-corrected chi connectivity index (χ2v) is 9.14. The predicted molar refractivity (Wildman–Crippen MR) is 139 cm³/mol. The molecule has 0 radical (unpaired) electrons. The Morgan fingerprint density at radius 2 is 2.00 bits per heavy atom. The summed E-state index contributed by atoms with van der Waals surface area (Å²) in [5.41, 5.74) is 0. The van der Waals surface area contributed by atoms with Crippen molar-refractivity contribution < 1.29 is 4.74 Å². The number of morpholine rings is 1. The van der Waals surface area contributed by atoms with Crippen molar-refractivity contribution in [1.82, 2.24) is 24.5 Å². The van der Waals surface area contributed by atoms with E-state index in [0.29, 0.717) is 6.04 Å². The predicted octanol–water partition coefficient (Wildman–Crippen LogP) is 2.55. The van der Waals surface area contributed by atoms with Crippen LogP contribution in [0.5, 0.6) is 0 Å². The Kier molecular flexibility index (Phi) is 9.75. The Labute approximate surface area is 209 Å². The molecule has 2 aliphatic heterocycles. The number of hydrogen-bond donors (Lipinski definition) is 1. The Balaban J connectivity index is 0.00000272. The van der Waals surface area contributed by atoms with Gasteiger partial charge in [-0.25, -0.2) is 4.98 Å². The van der Waals surface area contributed by atoms with Crippen molar-refractivity contribution in [2.45, 2.75) is 19.4 Å². The van der Waals surface area contributed by atoms with Crippen LogP contribution in [0.2, 0.25) is 0 Å². The highest BCUT2D eigenvalue weighted by Crippen LogP contribution is 2.25. The van der Waals surface area contributed by atoms with Crippen molar-refractivity contribution in [3.63, 3.8) is 0 Å². The van der Waals surface area contributed by atoms with Gasteiger partial charge in [0.2, 0.25) is 5.13 Å². The topological polar surface area (TPSA) is 69.1 Å². The molecule has 2 saturated heterocycles. The second-order valence-electron chi connectivity index (χ2n) is 7.43. The van der Waals surface area contributed by atoms with Crippen LogP contribution in [-0.2, 0) is 11.2 Å². The van der Waals surface area contributed by atoms with E-state index < -0.39 is 0 Å². The number of anilines is 1. The fourth-order valence-electron chi connectivity index (χ4n) is 3.93. The monoisotopic (exact) mass is 577 g/mol. The number of piperazine rings is 1. The third-order valence-corrected chi connectivity index (χ3v) is 7.44. The van der Waals surface area contributed by atoms with Crippen LogP contribution >= 0.6 is 46.8 Å². The van der Waals surface area contributed by atoms with Gasteiger partial charge in [-0.15, -0.1) is 35.3 Å². The molecule has 2 aliphatic rings. The van der Waals surface area contributed by atoms with Crippen LogP contribution in [-0.4, -0.2) is 91.2 Å². The third-order valence-electron chi connectivity index (χ3n) is 5.65. The average molecular weight is 578 g/mol. The van der Waals surface area contributed by atoms with Crippen molar-refractivity contribution >= 4 is 57.9 Å². The maximum Gasteiger partial charge on any atom is 0.205 e. The average Bonchev–Trinajstić information content (AvgIpc) is 3.50. The van der Waals surface area contributed by atoms with Crippen molar-refractivity contribution in [2.75, 3.05) is 71.0 Å². The quantitative estimate of drug-likeness (QED) is 0.322. The standard InChI is InChI=1S/C20H31N7OS2.HI/c1-3-18-23-20(30-24-18)27-8-6-26(7-9-27)19(21-2)22-15-16(17-5-4-14-29-17)25-10-12-28-13-11-25;/h4-5,14,16H,3,6-13,15H2,1-2H3,(H,21,22);1H. The largest absolute Gasteiger partial charge is 0.379 e. The zero-order valence-corrected chi connectivity index (χ0v) is 22.2. The number of aromatic nitrogens is 2. The molecule has 31 heavy (non-hydrogen) atoms. The number of halogens is 1. The van der Waals surface area contributed by atoms with Crippen molar-refractivity contribution in [3.05, 3.63) is 28.2 Å². The van der Waals surface area contributed by atoms with Crippen LogP contribution in [0.3, 0.4) is 0 Å². The molecule has 4 rings (SSSR count). The first-order chi connectivity index (χ1) is 14.8. The molecule has 1 unspecified atom stereocenters. The van der Waals surface area contributed by atoms with E-state index in [1.807, 2.05) is 18.4 Å². The van der Waals surface area contributed by atoms with Gasteiger partial charge in [-0.2, -0.15) is 4.37 Å². The molecule has 1 atom stereocenters. The number of nitrogens with zero attached hydrogens (tertiary/aromatic N) is 6. The summed E-state index contributed by atoms with van der Waals surface area (Å²) in [7, 11) is 1.88. The molecule has 11 heteroatoms. The van der Waals surface area contributed by atoms with E-state index in [0.717, 1.165) is 82.4 Å². The van der Waals surface area contributed by atoms with Crippen LogP contribution in [0.4, 0.5) is 5.13 Å². The summed E-state index contributed by atoms with van der Waals surface area (Å²) in [6.45, 7) is 10.3. The summed E-state index contributed by atoms with van der Waals surface area (Å²) in [5, 5.41) is 6.85. The lowest BCUT2D eigenvalue weighted by atomic mass is 10.2. The number of ether oxygens (including phenoxy) is 1. The Hall–Kier alpha value is -1.02. The van der Waals surface area contributed by atoms with Gasteiger partial charge in [0.15, 0.2) is 5.96 Å². The summed E-state index contributed by atoms with van der Waals surface area (Å²) in [6, 6.07) is 4.72. The first-order valence-electron chi connectivity index (χ1n) is 10.7. The number of thiophene rings is 1. The van der Waals surface area contributed by atoms with E-state index in [4.69, 9.17) is 4.74 Å². The molecule has 0 saturated carbocycles. The maximum atomic E-state index is 5.56. The van der Waals surface area contributed by atoms with E-state index >= 15 is 0 Å². The lowest BCUT2D eigenvalue weighted by Gasteiger charge is -2.38. The number of hydrogen-bond acceptors (Lipinski definition) is 8. The number of rotatable bonds is 6. The van der Waals surface area contributed by atoms with Crippen molar-refractivity contribution in [1.29, 1.82) is 0 Å². The lowest BCUT2D eigenvalue weighted by Crippen LogP contribution is -2.54. The normalized spacial score (nSPS) is 19.2. The van der Waals surface area contributed by atoms with Gasteiger partial charge >= 0.3 is 0 Å². The molecule has 0 aromatic carbocycles. The molecule has 0 aliphatic carbocycles. The first-order valence-corrected chi connectivity index (χ1v) is 12.3. The van der Waals surface area contributed by atoms with E-state index in [-0.39, 0.29) is 24.0 Å². The molecule has 0 bridgehead atoms. The highest BCUT2D eigenvalue weighted by Gasteiger charge is 2.26. The van der Waals surface area contributed by atoms with Crippen molar-refractivity contribution in [3.8, 4) is 0 Å². The minimum atomic E-state index is 0. The fourth-order valence-corrected chi connectivity index (χ4v) is 5.59. The molecule has 4 heterocycles. The summed E-state index contributed by atoms with van der Waals surface area (Å²) in [6.07, 6.45) is 0.890. The molecular formula is C20H32IN7OS2. The number of aliphatic imine (C=N–C) groups is 1. The fraction of sp³-hybridized carbons (Fsp3) is 0.650. The summed E-state index contributed by atoms with van der Waals surface area (Å²) in [5.74, 6) is 1.92. The minimum absolute atomic E-state index is 0. The van der Waals surface area contributed by atoms with Crippen LogP contribution in [0, 0.1) is 0 Å². The van der Waals surface area contributed by atoms with E-state index in [1.54, 1.807) is 0 Å². The van der Waals surface area contributed by atoms with Gasteiger partial charge in [0.1, 0.15) is 5.82 Å². The number of guanidine groups is 1. The number of aryl methyl sites for hydroxylation is 1. The molecule has 8 nitrogen and oxygen atoms in total. The van der Waals surface area contributed by atoms with Gasteiger partial charge in [0.25, 0.3) is 0 Å². The van der Waals surface area contributed by atoms with Gasteiger partial charge < -0.3 is 19.9 Å². The summed E-state index contributed by atoms with van der Waals surface area (Å²) in [4.78, 5) is 17.8. The van der Waals surface area contributed by atoms with Gasteiger partial charge in [-0.3, -0.25) is 9.89 Å². The molecule has 2 fully saturated rings. The summed E-state index contributed by atoms with van der Waals surface area (Å²) >= 11 is 3.34. The molecule has 0 amide bonds. The zero-order chi connectivity index (χ0) is 20.8. The molecule has 172 valence electrons. The van der Waals surface area contributed by atoms with Gasteiger partial charge in [-0.1, -0.05) is 13.0 Å². The SMILES string of the molecule is CCc1nsc(N2CCN(C(=NC)NCC(c3cccs3)N3CCOCC3)CC2)n1.I. The van der Waals surface area contributed by atoms with Gasteiger partial charge in [0, 0.05) is 75.7 Å². The van der Waals surface area contributed by atoms with E-state index in [9.17, 15) is 0 Å². The van der Waals surface area contributed by atoms with Gasteiger partial charge in [0.05, 0.1) is 19.3 Å². The number of nitrogens with one attached hydrogen (secondary N) is 1.